The molecule has 3 nitrogen and oxygen atoms in total. The molecule has 0 unspecified atom stereocenters. The maximum atomic E-state index is 12.7. The molecule has 1 aromatic heterocycles. The van der Waals surface area contributed by atoms with Crippen LogP contribution in [0.2, 0.25) is 5.02 Å². The lowest BCUT2D eigenvalue weighted by Crippen LogP contribution is -2.18. The second-order valence-corrected chi connectivity index (χ2v) is 7.08. The van der Waals surface area contributed by atoms with Crippen molar-refractivity contribution in [2.45, 2.75) is 26.2 Å². The minimum absolute atomic E-state index is 0.0482. The molecule has 0 atom stereocenters. The van der Waals surface area contributed by atoms with E-state index in [0.717, 1.165) is 22.2 Å². The van der Waals surface area contributed by atoms with E-state index in [1.165, 1.54) is 0 Å². The third kappa shape index (κ3) is 3.10. The number of carbonyl (C=O) groups is 1. The van der Waals surface area contributed by atoms with Crippen molar-refractivity contribution in [3.63, 3.8) is 0 Å². The van der Waals surface area contributed by atoms with Crippen LogP contribution in [-0.2, 0) is 5.41 Å². The molecule has 0 saturated heterocycles. The standard InChI is InChI=1S/C19H19ClN2O/c1-19(2,3)15-6-4-5-7-17(15)22-18(23)14-11-21-16-9-8-12(20)10-13(14)16/h4-11,21H,1-3H3,(H,22,23). The summed E-state index contributed by atoms with van der Waals surface area (Å²) in [6, 6.07) is 13.4. The van der Waals surface area contributed by atoms with Crippen LogP contribution in [0.25, 0.3) is 10.9 Å². The number of aromatic nitrogens is 1. The van der Waals surface area contributed by atoms with E-state index in [0.29, 0.717) is 10.6 Å². The first-order valence-electron chi connectivity index (χ1n) is 7.54. The number of halogens is 1. The Bertz CT molecular complexity index is 874. The first-order valence-corrected chi connectivity index (χ1v) is 7.91. The van der Waals surface area contributed by atoms with Crippen molar-refractivity contribution < 1.29 is 4.79 Å². The molecule has 2 N–H and O–H groups in total. The summed E-state index contributed by atoms with van der Waals surface area (Å²) >= 11 is 6.05. The maximum Gasteiger partial charge on any atom is 0.257 e. The number of aromatic amines is 1. The summed E-state index contributed by atoms with van der Waals surface area (Å²) in [6.45, 7) is 6.39. The molecule has 1 heterocycles. The molecule has 0 fully saturated rings. The van der Waals surface area contributed by atoms with Gasteiger partial charge >= 0.3 is 0 Å². The number of para-hydroxylation sites is 1. The molecule has 0 aliphatic carbocycles. The van der Waals surface area contributed by atoms with Crippen molar-refractivity contribution >= 4 is 34.1 Å². The first kappa shape index (κ1) is 15.6. The van der Waals surface area contributed by atoms with Crippen LogP contribution in [0.15, 0.2) is 48.7 Å². The van der Waals surface area contributed by atoms with Gasteiger partial charge in [0.05, 0.1) is 5.56 Å². The number of anilines is 1. The Kier molecular flexibility index (Phi) is 3.90. The number of nitrogens with one attached hydrogen (secondary N) is 2. The summed E-state index contributed by atoms with van der Waals surface area (Å²) in [4.78, 5) is 15.8. The van der Waals surface area contributed by atoms with E-state index in [2.05, 4.69) is 31.1 Å². The average molecular weight is 327 g/mol. The number of H-pyrrole nitrogens is 1. The summed E-state index contributed by atoms with van der Waals surface area (Å²) in [7, 11) is 0. The van der Waals surface area contributed by atoms with E-state index < -0.39 is 0 Å². The Labute approximate surface area is 140 Å². The maximum absolute atomic E-state index is 12.7. The van der Waals surface area contributed by atoms with Crippen LogP contribution in [0.1, 0.15) is 36.7 Å². The zero-order valence-electron chi connectivity index (χ0n) is 13.4. The molecule has 118 valence electrons. The number of benzene rings is 2. The summed E-state index contributed by atoms with van der Waals surface area (Å²) in [6.07, 6.45) is 1.72. The fourth-order valence-corrected chi connectivity index (χ4v) is 2.89. The predicted molar refractivity (Wildman–Crippen MR) is 96.4 cm³/mol. The molecule has 2 aromatic carbocycles. The molecule has 3 aromatic rings. The highest BCUT2D eigenvalue weighted by Crippen LogP contribution is 2.30. The van der Waals surface area contributed by atoms with Crippen molar-refractivity contribution in [1.29, 1.82) is 0 Å². The van der Waals surface area contributed by atoms with Crippen LogP contribution in [0.3, 0.4) is 0 Å². The summed E-state index contributed by atoms with van der Waals surface area (Å²) in [5.41, 5.74) is 3.37. The highest BCUT2D eigenvalue weighted by atomic mass is 35.5. The van der Waals surface area contributed by atoms with Crippen LogP contribution < -0.4 is 5.32 Å². The lowest BCUT2D eigenvalue weighted by Gasteiger charge is -2.22. The lowest BCUT2D eigenvalue weighted by atomic mass is 9.86. The number of carbonyl (C=O) groups excluding carboxylic acids is 1. The Morgan fingerprint density at radius 2 is 1.87 bits per heavy atom. The molecule has 23 heavy (non-hydrogen) atoms. The zero-order valence-corrected chi connectivity index (χ0v) is 14.2. The Balaban J connectivity index is 1.98. The number of hydrogen-bond acceptors (Lipinski definition) is 1. The average Bonchev–Trinajstić information content (AvgIpc) is 2.89. The lowest BCUT2D eigenvalue weighted by molar-refractivity contribution is 0.102. The van der Waals surface area contributed by atoms with Gasteiger partial charge < -0.3 is 10.3 Å². The highest BCUT2D eigenvalue weighted by molar-refractivity contribution is 6.31. The molecule has 0 spiro atoms. The van der Waals surface area contributed by atoms with E-state index >= 15 is 0 Å². The third-order valence-corrected chi connectivity index (χ3v) is 4.11. The molecule has 3 rings (SSSR count). The van der Waals surface area contributed by atoms with Crippen molar-refractivity contribution in [1.82, 2.24) is 4.98 Å². The van der Waals surface area contributed by atoms with Gasteiger partial charge in [-0.05, 0) is 35.2 Å². The molecular formula is C19H19ClN2O. The quantitative estimate of drug-likeness (QED) is 0.653. The van der Waals surface area contributed by atoms with E-state index in [-0.39, 0.29) is 11.3 Å². The largest absolute Gasteiger partial charge is 0.360 e. The van der Waals surface area contributed by atoms with Crippen LogP contribution in [-0.4, -0.2) is 10.9 Å². The van der Waals surface area contributed by atoms with Crippen LogP contribution >= 0.6 is 11.6 Å². The fraction of sp³-hybridized carbons (Fsp3) is 0.211. The molecule has 0 saturated carbocycles. The predicted octanol–water partition coefficient (Wildman–Crippen LogP) is 5.37. The topological polar surface area (TPSA) is 44.9 Å². The Morgan fingerprint density at radius 3 is 2.61 bits per heavy atom. The van der Waals surface area contributed by atoms with E-state index in [1.807, 2.05) is 30.3 Å². The van der Waals surface area contributed by atoms with E-state index in [1.54, 1.807) is 18.3 Å². The molecule has 0 aliphatic rings. The highest BCUT2D eigenvalue weighted by Gasteiger charge is 2.20. The van der Waals surface area contributed by atoms with Gasteiger partial charge in [-0.2, -0.15) is 0 Å². The van der Waals surface area contributed by atoms with Gasteiger partial charge in [0.2, 0.25) is 0 Å². The van der Waals surface area contributed by atoms with E-state index in [9.17, 15) is 4.79 Å². The third-order valence-electron chi connectivity index (χ3n) is 3.87. The first-order chi connectivity index (χ1) is 10.9. The SMILES string of the molecule is CC(C)(C)c1ccccc1NC(=O)c1c[nH]c2ccc(Cl)cc12. The monoisotopic (exact) mass is 326 g/mol. The van der Waals surface area contributed by atoms with Gasteiger partial charge in [-0.3, -0.25) is 4.79 Å². The van der Waals surface area contributed by atoms with Gasteiger partial charge in [-0.15, -0.1) is 0 Å². The van der Waals surface area contributed by atoms with Gasteiger partial charge in [0, 0.05) is 27.8 Å². The van der Waals surface area contributed by atoms with Crippen LogP contribution in [0.5, 0.6) is 0 Å². The minimum atomic E-state index is -0.143. The number of amides is 1. The summed E-state index contributed by atoms with van der Waals surface area (Å²) in [5.74, 6) is -0.143. The van der Waals surface area contributed by atoms with Gasteiger partial charge in [-0.25, -0.2) is 0 Å². The second-order valence-electron chi connectivity index (χ2n) is 6.64. The van der Waals surface area contributed by atoms with Crippen molar-refractivity contribution in [3.05, 3.63) is 64.8 Å². The molecule has 0 bridgehead atoms. The Hall–Kier alpha value is -2.26. The van der Waals surface area contributed by atoms with Gasteiger partial charge in [0.1, 0.15) is 0 Å². The minimum Gasteiger partial charge on any atom is -0.360 e. The number of hydrogen-bond donors (Lipinski definition) is 2. The zero-order chi connectivity index (χ0) is 16.6. The van der Waals surface area contributed by atoms with Gasteiger partial charge in [0.15, 0.2) is 0 Å². The smallest absolute Gasteiger partial charge is 0.257 e. The van der Waals surface area contributed by atoms with Gasteiger partial charge in [-0.1, -0.05) is 50.6 Å². The Morgan fingerprint density at radius 1 is 1.13 bits per heavy atom. The van der Waals surface area contributed by atoms with Gasteiger partial charge in [0.25, 0.3) is 5.91 Å². The molecule has 0 radical (unpaired) electrons. The van der Waals surface area contributed by atoms with Crippen LogP contribution in [0, 0.1) is 0 Å². The molecule has 1 amide bonds. The molecule has 4 heteroatoms. The molecule has 0 aliphatic heterocycles. The second kappa shape index (κ2) is 5.74. The van der Waals surface area contributed by atoms with Crippen LogP contribution in [0.4, 0.5) is 5.69 Å². The summed E-state index contributed by atoms with van der Waals surface area (Å²) in [5, 5.41) is 4.46. The summed E-state index contributed by atoms with van der Waals surface area (Å²) < 4.78 is 0. The van der Waals surface area contributed by atoms with E-state index in [4.69, 9.17) is 11.6 Å². The van der Waals surface area contributed by atoms with Crippen molar-refractivity contribution in [2.75, 3.05) is 5.32 Å². The fourth-order valence-electron chi connectivity index (χ4n) is 2.72. The number of rotatable bonds is 2. The molecular weight excluding hydrogens is 308 g/mol. The number of fused-ring (bicyclic) bond motifs is 1. The van der Waals surface area contributed by atoms with Crippen molar-refractivity contribution in [2.24, 2.45) is 0 Å². The van der Waals surface area contributed by atoms with Crippen molar-refractivity contribution in [3.8, 4) is 0 Å². The normalized spacial score (nSPS) is 11.7.